The summed E-state index contributed by atoms with van der Waals surface area (Å²) in [6.45, 7) is 0.990. The Bertz CT molecular complexity index is 1250. The Morgan fingerprint density at radius 2 is 1.63 bits per heavy atom. The lowest BCUT2D eigenvalue weighted by molar-refractivity contribution is 0.0601. The number of benzene rings is 3. The minimum Gasteiger partial charge on any atom is -0.455 e. The van der Waals surface area contributed by atoms with E-state index in [1.54, 1.807) is 6.07 Å². The largest absolute Gasteiger partial charge is 0.455 e. The zero-order valence-corrected chi connectivity index (χ0v) is 15.2. The summed E-state index contributed by atoms with van der Waals surface area (Å²) in [5.41, 5.74) is 2.62. The third-order valence-corrected chi connectivity index (χ3v) is 5.22. The molecule has 4 aromatic rings. The molecule has 0 atom stereocenters. The first-order chi connectivity index (χ1) is 13.1. The van der Waals surface area contributed by atoms with Crippen molar-refractivity contribution in [3.05, 3.63) is 59.7 Å². The highest BCUT2D eigenvalue weighted by atomic mass is 16.3. The fraction of sp³-hybridized carbons (Fsp3) is 0.182. The molecule has 0 fully saturated rings. The molecule has 1 aromatic heterocycles. The van der Waals surface area contributed by atoms with E-state index in [2.05, 4.69) is 0 Å². The van der Waals surface area contributed by atoms with Crippen LogP contribution in [0.15, 0.2) is 52.9 Å². The average molecular weight is 358 g/mol. The number of hydrogen-bond acceptors (Lipinski definition) is 4. The number of rotatable bonds is 3. The molecule has 5 heteroatoms. The number of para-hydroxylation sites is 1. The van der Waals surface area contributed by atoms with Gasteiger partial charge in [0, 0.05) is 45.8 Å². The third kappa shape index (κ3) is 2.22. The first-order valence-electron chi connectivity index (χ1n) is 8.94. The molecular weight excluding hydrogens is 340 g/mol. The lowest BCUT2D eigenvalue weighted by Gasteiger charge is -2.28. The van der Waals surface area contributed by atoms with Crippen LogP contribution in [0.1, 0.15) is 20.7 Å². The van der Waals surface area contributed by atoms with Gasteiger partial charge in [0.2, 0.25) is 0 Å². The quantitative estimate of drug-likeness (QED) is 0.521. The molecule has 27 heavy (non-hydrogen) atoms. The Kier molecular flexibility index (Phi) is 3.36. The van der Waals surface area contributed by atoms with Gasteiger partial charge in [0.25, 0.3) is 11.8 Å². The van der Waals surface area contributed by atoms with Gasteiger partial charge >= 0.3 is 0 Å². The number of amides is 2. The average Bonchev–Trinajstić information content (AvgIpc) is 3.04. The molecule has 5 nitrogen and oxygen atoms in total. The summed E-state index contributed by atoms with van der Waals surface area (Å²) in [6, 6.07) is 15.2. The zero-order valence-electron chi connectivity index (χ0n) is 15.2. The predicted molar refractivity (Wildman–Crippen MR) is 105 cm³/mol. The lowest BCUT2D eigenvalue weighted by Crippen LogP contribution is -2.43. The second-order valence-electron chi connectivity index (χ2n) is 7.19. The van der Waals surface area contributed by atoms with Gasteiger partial charge in [-0.15, -0.1) is 0 Å². The highest BCUT2D eigenvalue weighted by Gasteiger charge is 2.34. The minimum atomic E-state index is -0.240. The van der Waals surface area contributed by atoms with Crippen molar-refractivity contribution in [3.8, 4) is 0 Å². The van der Waals surface area contributed by atoms with Gasteiger partial charge in [0.05, 0.1) is 0 Å². The third-order valence-electron chi connectivity index (χ3n) is 5.22. The second kappa shape index (κ2) is 5.66. The van der Waals surface area contributed by atoms with Crippen LogP contribution in [-0.4, -0.2) is 48.8 Å². The molecule has 0 spiro atoms. The van der Waals surface area contributed by atoms with E-state index < -0.39 is 0 Å². The van der Waals surface area contributed by atoms with E-state index >= 15 is 0 Å². The highest BCUT2D eigenvalue weighted by molar-refractivity contribution is 6.30. The van der Waals surface area contributed by atoms with Gasteiger partial charge in [0.1, 0.15) is 11.2 Å². The standard InChI is InChI=1S/C22H18N2O3/c1-23(2)10-11-24-21(25)15-8-5-7-14-19(15)17(22(24)26)12-16-13-6-3-4-9-18(13)27-20(14)16/h3-9,12H,10-11H2,1-2H3. The lowest BCUT2D eigenvalue weighted by atomic mass is 9.92. The summed E-state index contributed by atoms with van der Waals surface area (Å²) < 4.78 is 6.08. The van der Waals surface area contributed by atoms with Crippen molar-refractivity contribution < 1.29 is 14.0 Å². The van der Waals surface area contributed by atoms with Gasteiger partial charge in [-0.3, -0.25) is 14.5 Å². The molecule has 2 amide bonds. The minimum absolute atomic E-state index is 0.238. The molecule has 1 aliphatic rings. The van der Waals surface area contributed by atoms with Gasteiger partial charge in [-0.05, 0) is 32.3 Å². The van der Waals surface area contributed by atoms with Crippen LogP contribution in [0.2, 0.25) is 0 Å². The van der Waals surface area contributed by atoms with E-state index in [1.165, 1.54) is 4.90 Å². The summed E-state index contributed by atoms with van der Waals surface area (Å²) in [7, 11) is 3.85. The number of hydrogen-bond donors (Lipinski definition) is 0. The van der Waals surface area contributed by atoms with Gasteiger partial charge in [-0.1, -0.05) is 30.3 Å². The van der Waals surface area contributed by atoms with Crippen LogP contribution in [0.3, 0.4) is 0 Å². The maximum Gasteiger partial charge on any atom is 0.261 e. The molecule has 0 saturated carbocycles. The van der Waals surface area contributed by atoms with Crippen molar-refractivity contribution in [1.29, 1.82) is 0 Å². The summed E-state index contributed by atoms with van der Waals surface area (Å²) in [6.07, 6.45) is 0. The van der Waals surface area contributed by atoms with E-state index in [9.17, 15) is 9.59 Å². The molecule has 5 rings (SSSR count). The van der Waals surface area contributed by atoms with E-state index in [-0.39, 0.29) is 11.8 Å². The van der Waals surface area contributed by atoms with Crippen LogP contribution in [0.5, 0.6) is 0 Å². The SMILES string of the molecule is CN(C)CCN1C(=O)c2cccc3c2c(cc2c4ccccc4oc32)C1=O. The van der Waals surface area contributed by atoms with Gasteiger partial charge in [0.15, 0.2) is 0 Å². The maximum absolute atomic E-state index is 13.2. The normalized spacial score (nSPS) is 14.3. The molecule has 2 heterocycles. The second-order valence-corrected chi connectivity index (χ2v) is 7.19. The molecule has 3 aromatic carbocycles. The number of carbonyl (C=O) groups is 2. The van der Waals surface area contributed by atoms with Crippen molar-refractivity contribution in [2.24, 2.45) is 0 Å². The van der Waals surface area contributed by atoms with Crippen molar-refractivity contribution in [2.75, 3.05) is 27.2 Å². The molecule has 0 saturated heterocycles. The van der Waals surface area contributed by atoms with Crippen molar-refractivity contribution in [3.63, 3.8) is 0 Å². The van der Waals surface area contributed by atoms with Crippen molar-refractivity contribution in [2.45, 2.75) is 0 Å². The molecule has 0 N–H and O–H groups in total. The van der Waals surface area contributed by atoms with Gasteiger partial charge < -0.3 is 9.32 Å². The maximum atomic E-state index is 13.2. The zero-order chi connectivity index (χ0) is 18.7. The fourth-order valence-corrected chi connectivity index (χ4v) is 3.89. The number of fused-ring (bicyclic) bond motifs is 4. The van der Waals surface area contributed by atoms with Gasteiger partial charge in [-0.2, -0.15) is 0 Å². The van der Waals surface area contributed by atoms with Gasteiger partial charge in [-0.25, -0.2) is 0 Å². The van der Waals surface area contributed by atoms with Crippen LogP contribution in [-0.2, 0) is 0 Å². The number of carbonyl (C=O) groups excluding carboxylic acids is 2. The highest BCUT2D eigenvalue weighted by Crippen LogP contribution is 2.39. The Balaban J connectivity index is 1.83. The van der Waals surface area contributed by atoms with Crippen molar-refractivity contribution >= 4 is 44.5 Å². The Morgan fingerprint density at radius 3 is 2.44 bits per heavy atom. The summed E-state index contributed by atoms with van der Waals surface area (Å²) in [5, 5.41) is 3.38. The van der Waals surface area contributed by atoms with E-state index in [4.69, 9.17) is 4.42 Å². The molecular formula is C22H18N2O3. The molecule has 0 radical (unpaired) electrons. The van der Waals surface area contributed by atoms with Crippen LogP contribution >= 0.6 is 0 Å². The monoisotopic (exact) mass is 358 g/mol. The predicted octanol–water partition coefficient (Wildman–Crippen LogP) is 3.90. The first-order valence-corrected chi connectivity index (χ1v) is 8.94. The first kappa shape index (κ1) is 16.0. The molecule has 1 aliphatic heterocycles. The number of imide groups is 1. The molecule has 0 unspecified atom stereocenters. The Labute approximate surface area is 155 Å². The fourth-order valence-electron chi connectivity index (χ4n) is 3.89. The van der Waals surface area contributed by atoms with Crippen LogP contribution < -0.4 is 0 Å². The smallest absolute Gasteiger partial charge is 0.261 e. The molecule has 134 valence electrons. The number of furan rings is 1. The topological polar surface area (TPSA) is 53.8 Å². The molecule has 0 bridgehead atoms. The Hall–Kier alpha value is -3.18. The van der Waals surface area contributed by atoms with Crippen LogP contribution in [0.25, 0.3) is 32.7 Å². The van der Waals surface area contributed by atoms with E-state index in [1.807, 2.05) is 61.5 Å². The van der Waals surface area contributed by atoms with E-state index in [0.29, 0.717) is 29.6 Å². The number of likely N-dealkylation sites (N-methyl/N-ethyl adjacent to an activating group) is 1. The van der Waals surface area contributed by atoms with Crippen LogP contribution in [0.4, 0.5) is 0 Å². The summed E-state index contributed by atoms with van der Waals surface area (Å²) in [4.78, 5) is 29.5. The van der Waals surface area contributed by atoms with E-state index in [0.717, 1.165) is 27.3 Å². The summed E-state index contributed by atoms with van der Waals surface area (Å²) >= 11 is 0. The van der Waals surface area contributed by atoms with Crippen LogP contribution in [0, 0.1) is 0 Å². The van der Waals surface area contributed by atoms with Crippen molar-refractivity contribution in [1.82, 2.24) is 9.80 Å². The molecule has 0 aliphatic carbocycles. The Morgan fingerprint density at radius 1 is 0.889 bits per heavy atom. The number of nitrogens with zero attached hydrogens (tertiary/aromatic N) is 2. The summed E-state index contributed by atoms with van der Waals surface area (Å²) in [5.74, 6) is -0.479.